The molecular formula is C27H32O11. The fourth-order valence-corrected chi connectivity index (χ4v) is 3.05. The first-order valence-corrected chi connectivity index (χ1v) is 12.2. The van der Waals surface area contributed by atoms with Gasteiger partial charge in [0.25, 0.3) is 0 Å². The van der Waals surface area contributed by atoms with E-state index in [-0.39, 0.29) is 49.2 Å². The zero-order valence-corrected chi connectivity index (χ0v) is 21.4. The number of hydrogen-bond acceptors (Lipinski definition) is 9. The molecule has 0 bridgehead atoms. The Morgan fingerprint density at radius 3 is 1.53 bits per heavy atom. The third-order valence-corrected chi connectivity index (χ3v) is 4.96. The van der Waals surface area contributed by atoms with Crippen LogP contribution in [0.4, 0.5) is 0 Å². The molecule has 0 aromatic heterocycles. The largest absolute Gasteiger partial charge is 0.482 e. The molecule has 0 atom stereocenters. The number of carboxylic acid groups (broad SMARTS) is 2. The normalized spacial score (nSPS) is 10.4. The molecule has 2 rings (SSSR count). The van der Waals surface area contributed by atoms with Gasteiger partial charge in [0.05, 0.1) is 18.8 Å². The van der Waals surface area contributed by atoms with Crippen molar-refractivity contribution in [2.45, 2.75) is 39.5 Å². The molecule has 0 aliphatic rings. The SMILES string of the molecule is CCCCOC(=O)COc1cc(OCC(=O)OCCCC)cc(-c2cc(OCC(=O)O)cc(C(=O)O)c2)c1. The van der Waals surface area contributed by atoms with E-state index in [4.69, 9.17) is 28.8 Å². The van der Waals surface area contributed by atoms with E-state index in [9.17, 15) is 24.3 Å². The van der Waals surface area contributed by atoms with Gasteiger partial charge in [-0.2, -0.15) is 0 Å². The van der Waals surface area contributed by atoms with Gasteiger partial charge in [-0.1, -0.05) is 26.7 Å². The van der Waals surface area contributed by atoms with Gasteiger partial charge in [0.1, 0.15) is 17.2 Å². The fourth-order valence-electron chi connectivity index (χ4n) is 3.05. The number of carbonyl (C=O) groups is 4. The second-order valence-corrected chi connectivity index (χ2v) is 8.15. The first kappa shape index (κ1) is 29.9. The van der Waals surface area contributed by atoms with Crippen molar-refractivity contribution in [2.24, 2.45) is 0 Å². The van der Waals surface area contributed by atoms with Crippen molar-refractivity contribution in [3.63, 3.8) is 0 Å². The Bertz CT molecular complexity index is 1070. The number of unbranched alkanes of at least 4 members (excludes halogenated alkanes) is 2. The van der Waals surface area contributed by atoms with Crippen LogP contribution in [0.3, 0.4) is 0 Å². The molecule has 206 valence electrons. The summed E-state index contributed by atoms with van der Waals surface area (Å²) in [6.07, 6.45) is 3.18. The maximum atomic E-state index is 12.0. The average Bonchev–Trinajstić information content (AvgIpc) is 2.89. The molecule has 0 spiro atoms. The molecule has 11 nitrogen and oxygen atoms in total. The lowest BCUT2D eigenvalue weighted by Crippen LogP contribution is -2.16. The van der Waals surface area contributed by atoms with E-state index in [1.807, 2.05) is 13.8 Å². The van der Waals surface area contributed by atoms with Gasteiger partial charge < -0.3 is 33.9 Å². The summed E-state index contributed by atoms with van der Waals surface area (Å²) in [4.78, 5) is 46.5. The van der Waals surface area contributed by atoms with Crippen LogP contribution in [0.15, 0.2) is 36.4 Å². The van der Waals surface area contributed by atoms with Crippen LogP contribution >= 0.6 is 0 Å². The maximum Gasteiger partial charge on any atom is 0.344 e. The Morgan fingerprint density at radius 2 is 1.08 bits per heavy atom. The maximum absolute atomic E-state index is 12.0. The molecule has 0 aliphatic carbocycles. The highest BCUT2D eigenvalue weighted by atomic mass is 16.6. The van der Waals surface area contributed by atoms with E-state index in [0.29, 0.717) is 11.1 Å². The van der Waals surface area contributed by atoms with Crippen LogP contribution in [0.2, 0.25) is 0 Å². The molecule has 2 N–H and O–H groups in total. The Kier molecular flexibility index (Phi) is 12.4. The van der Waals surface area contributed by atoms with E-state index in [2.05, 4.69) is 0 Å². The van der Waals surface area contributed by atoms with Crippen LogP contribution in [0.5, 0.6) is 17.2 Å². The molecule has 0 heterocycles. The standard InChI is InChI=1S/C27H32O11/c1-3-5-7-34-25(30)16-37-22-11-19(12-23(14-22)38-17-26(31)35-8-6-4-2)18-9-20(27(32)33)13-21(10-18)36-15-24(28)29/h9-14H,3-8,15-17H2,1-2H3,(H,28,29)(H,32,33). The Hall–Kier alpha value is -4.28. The highest BCUT2D eigenvalue weighted by Crippen LogP contribution is 2.33. The predicted molar refractivity (Wildman–Crippen MR) is 135 cm³/mol. The van der Waals surface area contributed by atoms with Crippen molar-refractivity contribution in [3.8, 4) is 28.4 Å². The Labute approximate surface area is 220 Å². The minimum atomic E-state index is -1.25. The van der Waals surface area contributed by atoms with Crippen LogP contribution in [0.25, 0.3) is 11.1 Å². The van der Waals surface area contributed by atoms with Gasteiger partial charge in [0, 0.05) is 6.07 Å². The number of aromatic carboxylic acids is 1. The summed E-state index contributed by atoms with van der Waals surface area (Å²) in [6, 6.07) is 8.55. The summed E-state index contributed by atoms with van der Waals surface area (Å²) in [5, 5.41) is 18.4. The lowest BCUT2D eigenvalue weighted by molar-refractivity contribution is -0.146. The van der Waals surface area contributed by atoms with Gasteiger partial charge in [0.15, 0.2) is 19.8 Å². The average molecular weight is 533 g/mol. The second kappa shape index (κ2) is 15.7. The smallest absolute Gasteiger partial charge is 0.344 e. The van der Waals surface area contributed by atoms with E-state index < -0.39 is 30.5 Å². The van der Waals surface area contributed by atoms with Crippen LogP contribution in [-0.2, 0) is 23.9 Å². The Balaban J connectivity index is 2.33. The summed E-state index contributed by atoms with van der Waals surface area (Å²) in [6.45, 7) is 3.05. The van der Waals surface area contributed by atoms with E-state index in [0.717, 1.165) is 25.7 Å². The van der Waals surface area contributed by atoms with Crippen molar-refractivity contribution in [2.75, 3.05) is 33.0 Å². The third-order valence-electron chi connectivity index (χ3n) is 4.96. The topological polar surface area (TPSA) is 155 Å². The van der Waals surface area contributed by atoms with Crippen LogP contribution in [0, 0.1) is 0 Å². The first-order valence-electron chi connectivity index (χ1n) is 12.2. The van der Waals surface area contributed by atoms with Crippen LogP contribution < -0.4 is 14.2 Å². The van der Waals surface area contributed by atoms with Crippen molar-refractivity contribution in [1.29, 1.82) is 0 Å². The van der Waals surface area contributed by atoms with Gasteiger partial charge in [-0.15, -0.1) is 0 Å². The van der Waals surface area contributed by atoms with Gasteiger partial charge in [-0.3, -0.25) is 0 Å². The third kappa shape index (κ3) is 10.8. The molecule has 0 fully saturated rings. The number of benzene rings is 2. The monoisotopic (exact) mass is 532 g/mol. The quantitative estimate of drug-likeness (QED) is 0.225. The van der Waals surface area contributed by atoms with Gasteiger partial charge in [-0.25, -0.2) is 19.2 Å². The number of hydrogen-bond donors (Lipinski definition) is 2. The highest BCUT2D eigenvalue weighted by molar-refractivity contribution is 5.90. The van der Waals surface area contributed by atoms with Crippen LogP contribution in [0.1, 0.15) is 49.9 Å². The lowest BCUT2D eigenvalue weighted by atomic mass is 10.0. The minimum absolute atomic E-state index is 0.0232. The zero-order chi connectivity index (χ0) is 27.9. The predicted octanol–water partition coefficient (Wildman–Crippen LogP) is 3.96. The lowest BCUT2D eigenvalue weighted by Gasteiger charge is -2.14. The number of ether oxygens (including phenoxy) is 5. The van der Waals surface area contributed by atoms with E-state index in [1.54, 1.807) is 0 Å². The van der Waals surface area contributed by atoms with E-state index in [1.165, 1.54) is 36.4 Å². The molecule has 0 radical (unpaired) electrons. The molecule has 2 aromatic carbocycles. The molecule has 0 unspecified atom stereocenters. The summed E-state index contributed by atoms with van der Waals surface area (Å²) < 4.78 is 26.5. The summed E-state index contributed by atoms with van der Waals surface area (Å²) in [5.41, 5.74) is 0.604. The Morgan fingerprint density at radius 1 is 0.632 bits per heavy atom. The molecule has 2 aromatic rings. The molecule has 11 heteroatoms. The summed E-state index contributed by atoms with van der Waals surface area (Å²) in [5.74, 6) is -3.20. The number of carbonyl (C=O) groups excluding carboxylic acids is 2. The van der Waals surface area contributed by atoms with Crippen LogP contribution in [-0.4, -0.2) is 67.1 Å². The number of esters is 2. The molecule has 38 heavy (non-hydrogen) atoms. The number of rotatable bonds is 17. The fraction of sp³-hybridized carbons (Fsp3) is 0.407. The van der Waals surface area contributed by atoms with E-state index >= 15 is 0 Å². The van der Waals surface area contributed by atoms with Gasteiger partial charge >= 0.3 is 23.9 Å². The highest BCUT2D eigenvalue weighted by Gasteiger charge is 2.14. The molecule has 0 saturated heterocycles. The van der Waals surface area contributed by atoms with Crippen molar-refractivity contribution >= 4 is 23.9 Å². The first-order chi connectivity index (χ1) is 18.2. The van der Waals surface area contributed by atoms with Crippen molar-refractivity contribution < 1.29 is 53.1 Å². The molecule has 0 saturated carbocycles. The number of carboxylic acids is 2. The zero-order valence-electron chi connectivity index (χ0n) is 21.4. The summed E-state index contributed by atoms with van der Waals surface area (Å²) in [7, 11) is 0. The molecular weight excluding hydrogens is 500 g/mol. The van der Waals surface area contributed by atoms with Crippen molar-refractivity contribution in [3.05, 3.63) is 42.0 Å². The van der Waals surface area contributed by atoms with Crippen molar-refractivity contribution in [1.82, 2.24) is 0 Å². The number of aliphatic carboxylic acids is 1. The molecule has 0 amide bonds. The van der Waals surface area contributed by atoms with Gasteiger partial charge in [0.2, 0.25) is 0 Å². The van der Waals surface area contributed by atoms with Gasteiger partial charge in [-0.05, 0) is 54.3 Å². The molecule has 0 aliphatic heterocycles. The second-order valence-electron chi connectivity index (χ2n) is 8.15. The minimum Gasteiger partial charge on any atom is -0.482 e. The summed E-state index contributed by atoms with van der Waals surface area (Å²) >= 11 is 0.